The molecule has 22 heavy (non-hydrogen) atoms. The van der Waals surface area contributed by atoms with Gasteiger partial charge in [0.2, 0.25) is 17.2 Å². The van der Waals surface area contributed by atoms with Gasteiger partial charge in [0, 0.05) is 9.26 Å². The zero-order chi connectivity index (χ0) is 15.4. The molecule has 2 aromatic heterocycles. The number of hydrogen-bond donors (Lipinski definition) is 2. The molecule has 1 aromatic carbocycles. The second-order valence-corrected chi connectivity index (χ2v) is 5.90. The molecule has 6 nitrogen and oxygen atoms in total. The molecular formula is C14H11ClIN5O. The third-order valence-electron chi connectivity index (χ3n) is 2.71. The van der Waals surface area contributed by atoms with E-state index in [0.29, 0.717) is 18.4 Å². The SMILES string of the molecule is Clc1nc(NCc2ccco2)nc(Nc2ccc(I)cc2)n1. The molecule has 0 saturated heterocycles. The highest BCUT2D eigenvalue weighted by Gasteiger charge is 2.06. The van der Waals surface area contributed by atoms with Gasteiger partial charge in [-0.05, 0) is 70.6 Å². The van der Waals surface area contributed by atoms with Crippen LogP contribution in [0.3, 0.4) is 0 Å². The van der Waals surface area contributed by atoms with Crippen LogP contribution >= 0.6 is 34.2 Å². The Balaban J connectivity index is 1.73. The average Bonchev–Trinajstić information content (AvgIpc) is 3.00. The van der Waals surface area contributed by atoms with Crippen LogP contribution in [0.5, 0.6) is 0 Å². The van der Waals surface area contributed by atoms with Gasteiger partial charge in [-0.25, -0.2) is 0 Å². The molecule has 0 aliphatic carbocycles. The number of nitrogens with one attached hydrogen (secondary N) is 2. The molecule has 2 N–H and O–H groups in total. The first-order chi connectivity index (χ1) is 10.7. The lowest BCUT2D eigenvalue weighted by Gasteiger charge is -2.07. The van der Waals surface area contributed by atoms with Crippen molar-refractivity contribution in [2.24, 2.45) is 0 Å². The summed E-state index contributed by atoms with van der Waals surface area (Å²) in [6.45, 7) is 0.469. The minimum absolute atomic E-state index is 0.116. The lowest BCUT2D eigenvalue weighted by molar-refractivity contribution is 0.517. The van der Waals surface area contributed by atoms with Crippen molar-refractivity contribution in [3.63, 3.8) is 0 Å². The molecule has 0 atom stereocenters. The molecule has 112 valence electrons. The number of rotatable bonds is 5. The number of furan rings is 1. The molecule has 0 saturated carbocycles. The summed E-state index contributed by atoms with van der Waals surface area (Å²) >= 11 is 8.18. The number of aromatic nitrogens is 3. The first kappa shape index (κ1) is 15.0. The maximum Gasteiger partial charge on any atom is 0.233 e. The molecule has 3 rings (SSSR count). The van der Waals surface area contributed by atoms with Gasteiger partial charge in [0.05, 0.1) is 12.8 Å². The normalized spacial score (nSPS) is 10.5. The molecule has 0 aliphatic rings. The van der Waals surface area contributed by atoms with Crippen molar-refractivity contribution in [2.75, 3.05) is 10.6 Å². The van der Waals surface area contributed by atoms with Gasteiger partial charge in [0.25, 0.3) is 0 Å². The quantitative estimate of drug-likeness (QED) is 0.598. The van der Waals surface area contributed by atoms with Crippen LogP contribution in [0.25, 0.3) is 0 Å². The van der Waals surface area contributed by atoms with E-state index in [9.17, 15) is 0 Å². The Bertz CT molecular complexity index is 748. The van der Waals surface area contributed by atoms with Gasteiger partial charge in [-0.2, -0.15) is 15.0 Å². The minimum atomic E-state index is 0.116. The average molecular weight is 428 g/mol. The van der Waals surface area contributed by atoms with Crippen molar-refractivity contribution in [3.8, 4) is 0 Å². The van der Waals surface area contributed by atoms with E-state index in [2.05, 4.69) is 48.2 Å². The van der Waals surface area contributed by atoms with Crippen LogP contribution in [0.15, 0.2) is 47.1 Å². The summed E-state index contributed by atoms with van der Waals surface area (Å²) < 4.78 is 6.39. The van der Waals surface area contributed by atoms with E-state index >= 15 is 0 Å². The summed E-state index contributed by atoms with van der Waals surface area (Å²) in [4.78, 5) is 12.4. The Morgan fingerprint density at radius 2 is 1.82 bits per heavy atom. The topological polar surface area (TPSA) is 75.9 Å². The van der Waals surface area contributed by atoms with Gasteiger partial charge in [0.15, 0.2) is 0 Å². The highest BCUT2D eigenvalue weighted by molar-refractivity contribution is 14.1. The standard InChI is InChI=1S/C14H11ClIN5O/c15-12-19-13(17-8-11-2-1-7-22-11)21-14(20-12)18-10-5-3-9(16)4-6-10/h1-7H,8H2,(H2,17,18,19,20,21). The number of hydrogen-bond acceptors (Lipinski definition) is 6. The van der Waals surface area contributed by atoms with Gasteiger partial charge < -0.3 is 15.1 Å². The zero-order valence-corrected chi connectivity index (χ0v) is 14.2. The second-order valence-electron chi connectivity index (χ2n) is 4.32. The highest BCUT2D eigenvalue weighted by atomic mass is 127. The fourth-order valence-corrected chi connectivity index (χ4v) is 2.25. The number of anilines is 3. The zero-order valence-electron chi connectivity index (χ0n) is 11.3. The molecule has 3 aromatic rings. The van der Waals surface area contributed by atoms with Crippen LogP contribution in [0, 0.1) is 3.57 Å². The summed E-state index contributed by atoms with van der Waals surface area (Å²) in [6.07, 6.45) is 1.61. The molecular weight excluding hydrogens is 417 g/mol. The van der Waals surface area contributed by atoms with E-state index in [1.807, 2.05) is 36.4 Å². The lowest BCUT2D eigenvalue weighted by Crippen LogP contribution is -2.06. The van der Waals surface area contributed by atoms with Gasteiger partial charge in [0.1, 0.15) is 5.76 Å². The van der Waals surface area contributed by atoms with Crippen molar-refractivity contribution < 1.29 is 4.42 Å². The maximum atomic E-state index is 5.94. The molecule has 0 amide bonds. The fourth-order valence-electron chi connectivity index (χ4n) is 1.73. The first-order valence-electron chi connectivity index (χ1n) is 6.39. The Hall–Kier alpha value is -1.87. The summed E-state index contributed by atoms with van der Waals surface area (Å²) in [5.74, 6) is 1.54. The Kier molecular flexibility index (Phi) is 4.74. The van der Waals surface area contributed by atoms with E-state index < -0.39 is 0 Å². The van der Waals surface area contributed by atoms with Crippen molar-refractivity contribution >= 4 is 51.8 Å². The molecule has 0 spiro atoms. The minimum Gasteiger partial charge on any atom is -0.467 e. The van der Waals surface area contributed by atoms with Crippen LogP contribution in [0.2, 0.25) is 5.28 Å². The van der Waals surface area contributed by atoms with Crippen LogP contribution in [-0.2, 0) is 6.54 Å². The summed E-state index contributed by atoms with van der Waals surface area (Å²) in [5.41, 5.74) is 0.875. The van der Waals surface area contributed by atoms with Crippen molar-refractivity contribution in [1.29, 1.82) is 0 Å². The molecule has 8 heteroatoms. The fraction of sp³-hybridized carbons (Fsp3) is 0.0714. The van der Waals surface area contributed by atoms with Gasteiger partial charge in [-0.15, -0.1) is 0 Å². The van der Waals surface area contributed by atoms with E-state index in [0.717, 1.165) is 15.0 Å². The number of benzene rings is 1. The van der Waals surface area contributed by atoms with Crippen molar-refractivity contribution in [1.82, 2.24) is 15.0 Å². The van der Waals surface area contributed by atoms with Crippen LogP contribution in [0.1, 0.15) is 5.76 Å². The molecule has 0 fully saturated rings. The van der Waals surface area contributed by atoms with Crippen LogP contribution in [-0.4, -0.2) is 15.0 Å². The number of nitrogens with zero attached hydrogens (tertiary/aromatic N) is 3. The summed E-state index contributed by atoms with van der Waals surface area (Å²) in [7, 11) is 0. The summed E-state index contributed by atoms with van der Waals surface area (Å²) in [5, 5.41) is 6.25. The van der Waals surface area contributed by atoms with Crippen LogP contribution < -0.4 is 10.6 Å². The van der Waals surface area contributed by atoms with E-state index in [4.69, 9.17) is 16.0 Å². The van der Waals surface area contributed by atoms with Crippen molar-refractivity contribution in [3.05, 3.63) is 57.3 Å². The van der Waals surface area contributed by atoms with Gasteiger partial charge in [-0.3, -0.25) is 0 Å². The maximum absolute atomic E-state index is 5.94. The highest BCUT2D eigenvalue weighted by Crippen LogP contribution is 2.17. The van der Waals surface area contributed by atoms with E-state index in [1.165, 1.54) is 0 Å². The van der Waals surface area contributed by atoms with E-state index in [-0.39, 0.29) is 5.28 Å². The predicted octanol–water partition coefficient (Wildman–Crippen LogP) is 4.08. The third-order valence-corrected chi connectivity index (χ3v) is 3.60. The molecule has 0 aliphatic heterocycles. The molecule has 0 radical (unpaired) electrons. The first-order valence-corrected chi connectivity index (χ1v) is 7.85. The second kappa shape index (κ2) is 6.93. The Morgan fingerprint density at radius 3 is 2.55 bits per heavy atom. The molecule has 0 bridgehead atoms. The summed E-state index contributed by atoms with van der Waals surface area (Å²) in [6, 6.07) is 11.5. The Labute approximate surface area is 145 Å². The molecule has 0 unspecified atom stereocenters. The smallest absolute Gasteiger partial charge is 0.233 e. The largest absolute Gasteiger partial charge is 0.467 e. The van der Waals surface area contributed by atoms with Gasteiger partial charge in [-0.1, -0.05) is 0 Å². The van der Waals surface area contributed by atoms with Crippen LogP contribution in [0.4, 0.5) is 17.6 Å². The Morgan fingerprint density at radius 1 is 1.05 bits per heavy atom. The van der Waals surface area contributed by atoms with Crippen molar-refractivity contribution in [2.45, 2.75) is 6.54 Å². The van der Waals surface area contributed by atoms with E-state index in [1.54, 1.807) is 6.26 Å². The molecule has 2 heterocycles. The predicted molar refractivity (Wildman–Crippen MR) is 93.3 cm³/mol. The third kappa shape index (κ3) is 4.08. The van der Waals surface area contributed by atoms with Gasteiger partial charge >= 0.3 is 0 Å². The monoisotopic (exact) mass is 427 g/mol. The lowest BCUT2D eigenvalue weighted by atomic mass is 10.3. The number of halogens is 2.